The Morgan fingerprint density at radius 1 is 1.03 bits per heavy atom. The summed E-state index contributed by atoms with van der Waals surface area (Å²) in [6, 6.07) is 16.6. The first-order valence-corrected chi connectivity index (χ1v) is 11.2. The average molecular weight is 406 g/mol. The third kappa shape index (κ3) is 4.56. The molecule has 0 bridgehead atoms. The van der Waals surface area contributed by atoms with E-state index < -0.39 is 0 Å². The summed E-state index contributed by atoms with van der Waals surface area (Å²) in [5.74, 6) is 0.0475. The second-order valence-corrected chi connectivity index (χ2v) is 8.59. The summed E-state index contributed by atoms with van der Waals surface area (Å²) in [6.45, 7) is 7.10. The average Bonchev–Trinajstić information content (AvgIpc) is 3.36. The van der Waals surface area contributed by atoms with Crippen molar-refractivity contribution >= 4 is 40.3 Å². The molecule has 0 aromatic heterocycles. The van der Waals surface area contributed by atoms with Gasteiger partial charge in [-0.3, -0.25) is 9.69 Å². The van der Waals surface area contributed by atoms with Crippen molar-refractivity contribution in [3.8, 4) is 0 Å². The lowest BCUT2D eigenvalue weighted by Gasteiger charge is -2.17. The number of carbonyl (C=O) groups is 1. The lowest BCUT2D eigenvalue weighted by atomic mass is 10.2. The number of hydrogen-bond acceptors (Lipinski definition) is 4. The molecule has 150 valence electrons. The number of anilines is 1. The summed E-state index contributed by atoms with van der Waals surface area (Å²) >= 11 is 1.47. The third-order valence-electron chi connectivity index (χ3n) is 5.26. The van der Waals surface area contributed by atoms with Crippen molar-refractivity contribution in [3.05, 3.63) is 64.6 Å². The standard InChI is InChI=1S/C24H27N3OS/c1-3-14-27-23(28)22(29-24(27)25-20-10-6-18(2)7-11-20)17-19-8-12-21(13-9-19)26-15-4-5-16-26/h6-13,17H,3-5,14-16H2,1-2H3/b22-17+,25-24?. The molecule has 2 heterocycles. The summed E-state index contributed by atoms with van der Waals surface area (Å²) < 4.78 is 0. The van der Waals surface area contributed by atoms with Gasteiger partial charge in [0.25, 0.3) is 5.91 Å². The summed E-state index contributed by atoms with van der Waals surface area (Å²) in [5.41, 5.74) is 4.40. The number of amidine groups is 1. The molecule has 5 heteroatoms. The van der Waals surface area contributed by atoms with Gasteiger partial charge in [-0.2, -0.15) is 0 Å². The highest BCUT2D eigenvalue weighted by atomic mass is 32.2. The zero-order valence-electron chi connectivity index (χ0n) is 17.1. The number of hydrogen-bond donors (Lipinski definition) is 0. The number of carbonyl (C=O) groups excluding carboxylic acids is 1. The zero-order valence-corrected chi connectivity index (χ0v) is 17.9. The van der Waals surface area contributed by atoms with E-state index in [-0.39, 0.29) is 5.91 Å². The van der Waals surface area contributed by atoms with E-state index in [1.807, 2.05) is 30.3 Å². The highest BCUT2D eigenvalue weighted by Gasteiger charge is 2.32. The van der Waals surface area contributed by atoms with Gasteiger partial charge in [-0.25, -0.2) is 4.99 Å². The molecule has 4 nitrogen and oxygen atoms in total. The number of benzene rings is 2. The Morgan fingerprint density at radius 3 is 2.38 bits per heavy atom. The van der Waals surface area contributed by atoms with Crippen molar-refractivity contribution in [2.24, 2.45) is 4.99 Å². The van der Waals surface area contributed by atoms with E-state index >= 15 is 0 Å². The Morgan fingerprint density at radius 2 is 1.72 bits per heavy atom. The molecule has 0 aliphatic carbocycles. The minimum Gasteiger partial charge on any atom is -0.372 e. The van der Waals surface area contributed by atoms with Crippen molar-refractivity contribution in [2.75, 3.05) is 24.5 Å². The van der Waals surface area contributed by atoms with Crippen molar-refractivity contribution < 1.29 is 4.79 Å². The molecular formula is C24H27N3OS. The minimum absolute atomic E-state index is 0.0475. The van der Waals surface area contributed by atoms with Crippen molar-refractivity contribution in [3.63, 3.8) is 0 Å². The van der Waals surface area contributed by atoms with Crippen molar-refractivity contribution in [1.82, 2.24) is 4.90 Å². The Bertz CT molecular complexity index is 926. The topological polar surface area (TPSA) is 35.9 Å². The predicted molar refractivity (Wildman–Crippen MR) is 124 cm³/mol. The van der Waals surface area contributed by atoms with Crippen LogP contribution in [0.25, 0.3) is 6.08 Å². The first-order valence-electron chi connectivity index (χ1n) is 10.4. The van der Waals surface area contributed by atoms with Crippen LogP contribution in [0.4, 0.5) is 11.4 Å². The molecule has 4 rings (SSSR count). The number of rotatable bonds is 5. The van der Waals surface area contributed by atoms with Crippen LogP contribution in [0.15, 0.2) is 58.4 Å². The van der Waals surface area contributed by atoms with Gasteiger partial charge in [0.15, 0.2) is 5.17 Å². The van der Waals surface area contributed by atoms with E-state index in [9.17, 15) is 4.79 Å². The molecule has 1 amide bonds. The van der Waals surface area contributed by atoms with Crippen LogP contribution < -0.4 is 4.90 Å². The highest BCUT2D eigenvalue weighted by molar-refractivity contribution is 8.18. The molecule has 0 unspecified atom stereocenters. The Hall–Kier alpha value is -2.53. The SMILES string of the molecule is CCCN1C(=O)/C(=C\c2ccc(N3CCCC3)cc2)SC1=Nc1ccc(C)cc1. The predicted octanol–water partition coefficient (Wildman–Crippen LogP) is 5.61. The molecule has 0 atom stereocenters. The largest absolute Gasteiger partial charge is 0.372 e. The van der Waals surface area contributed by atoms with E-state index in [1.54, 1.807) is 4.90 Å². The number of aryl methyl sites for hydroxylation is 1. The number of amides is 1. The first kappa shape index (κ1) is 19.8. The van der Waals surface area contributed by atoms with Crippen LogP contribution in [0.5, 0.6) is 0 Å². The third-order valence-corrected chi connectivity index (χ3v) is 6.26. The molecule has 29 heavy (non-hydrogen) atoms. The maximum Gasteiger partial charge on any atom is 0.266 e. The van der Waals surface area contributed by atoms with Gasteiger partial charge in [-0.15, -0.1) is 0 Å². The number of thioether (sulfide) groups is 1. The van der Waals surface area contributed by atoms with Crippen LogP contribution in [0.1, 0.15) is 37.3 Å². The quantitative estimate of drug-likeness (QED) is 0.607. The van der Waals surface area contributed by atoms with E-state index in [4.69, 9.17) is 4.99 Å². The van der Waals surface area contributed by atoms with Crippen LogP contribution >= 0.6 is 11.8 Å². The molecule has 2 aromatic carbocycles. The molecule has 2 fully saturated rings. The molecule has 0 N–H and O–H groups in total. The van der Waals surface area contributed by atoms with Gasteiger partial charge in [0.1, 0.15) is 0 Å². The van der Waals surface area contributed by atoms with Gasteiger partial charge in [0, 0.05) is 25.3 Å². The van der Waals surface area contributed by atoms with Crippen LogP contribution in [-0.2, 0) is 4.79 Å². The molecule has 0 spiro atoms. The second kappa shape index (κ2) is 8.87. The van der Waals surface area contributed by atoms with Crippen LogP contribution in [0, 0.1) is 6.92 Å². The monoisotopic (exact) mass is 405 g/mol. The van der Waals surface area contributed by atoms with E-state index in [1.165, 1.54) is 35.9 Å². The molecule has 2 aliphatic rings. The van der Waals surface area contributed by atoms with Gasteiger partial charge in [-0.05, 0) is 73.9 Å². The maximum absolute atomic E-state index is 13.0. The first-order chi connectivity index (χ1) is 14.1. The van der Waals surface area contributed by atoms with E-state index in [0.717, 1.165) is 40.8 Å². The maximum atomic E-state index is 13.0. The lowest BCUT2D eigenvalue weighted by Crippen LogP contribution is -2.29. The fourth-order valence-electron chi connectivity index (χ4n) is 3.65. The summed E-state index contributed by atoms with van der Waals surface area (Å²) in [6.07, 6.45) is 5.43. The van der Waals surface area contributed by atoms with Gasteiger partial charge >= 0.3 is 0 Å². The van der Waals surface area contributed by atoms with Gasteiger partial charge in [-0.1, -0.05) is 36.8 Å². The number of nitrogens with zero attached hydrogens (tertiary/aromatic N) is 3. The zero-order chi connectivity index (χ0) is 20.2. The van der Waals surface area contributed by atoms with Gasteiger partial charge in [0.2, 0.25) is 0 Å². The van der Waals surface area contributed by atoms with Gasteiger partial charge in [0.05, 0.1) is 10.6 Å². The summed E-state index contributed by atoms with van der Waals surface area (Å²) in [4.78, 5) is 22.7. The fraction of sp³-hybridized carbons (Fsp3) is 0.333. The Balaban J connectivity index is 1.57. The van der Waals surface area contributed by atoms with Crippen molar-refractivity contribution in [2.45, 2.75) is 33.1 Å². The minimum atomic E-state index is 0.0475. The number of aliphatic imine (C=N–C) groups is 1. The normalized spacial score (nSPS) is 19.7. The molecule has 0 saturated carbocycles. The second-order valence-electron chi connectivity index (χ2n) is 7.58. The summed E-state index contributed by atoms with van der Waals surface area (Å²) in [7, 11) is 0. The molecule has 2 aromatic rings. The Labute approximate surface area is 177 Å². The van der Waals surface area contributed by atoms with E-state index in [0.29, 0.717) is 6.54 Å². The van der Waals surface area contributed by atoms with Crippen LogP contribution in [0.3, 0.4) is 0 Å². The van der Waals surface area contributed by atoms with Crippen LogP contribution in [-0.4, -0.2) is 35.6 Å². The van der Waals surface area contributed by atoms with E-state index in [2.05, 4.69) is 43.0 Å². The summed E-state index contributed by atoms with van der Waals surface area (Å²) in [5, 5.41) is 0.764. The molecule has 2 aliphatic heterocycles. The Kier molecular flexibility index (Phi) is 6.05. The lowest BCUT2D eigenvalue weighted by molar-refractivity contribution is -0.122. The fourth-order valence-corrected chi connectivity index (χ4v) is 4.67. The molecular weight excluding hydrogens is 378 g/mol. The molecule has 0 radical (unpaired) electrons. The van der Waals surface area contributed by atoms with Gasteiger partial charge < -0.3 is 4.90 Å². The van der Waals surface area contributed by atoms with Crippen LogP contribution in [0.2, 0.25) is 0 Å². The molecule has 2 saturated heterocycles. The smallest absolute Gasteiger partial charge is 0.266 e. The van der Waals surface area contributed by atoms with Crippen molar-refractivity contribution in [1.29, 1.82) is 0 Å². The highest BCUT2D eigenvalue weighted by Crippen LogP contribution is 2.34.